The number of aliphatic carboxylic acids is 1. The number of para-hydroxylation sites is 1. The number of thioether (sulfide) groups is 1. The molecule has 0 radical (unpaired) electrons. The van der Waals surface area contributed by atoms with Gasteiger partial charge in [-0.1, -0.05) is 18.2 Å². The number of nitrogens with one attached hydrogen (secondary N) is 2. The van der Waals surface area contributed by atoms with E-state index in [1.165, 1.54) is 23.6 Å². The maximum absolute atomic E-state index is 14.0. The van der Waals surface area contributed by atoms with Gasteiger partial charge in [-0.2, -0.15) is 11.8 Å². The molecule has 0 saturated carbocycles. The zero-order valence-electron chi connectivity index (χ0n) is 24.1. The molecule has 0 aromatic heterocycles. The lowest BCUT2D eigenvalue weighted by Gasteiger charge is -2.33. The highest BCUT2D eigenvalue weighted by atomic mass is 32.2. The number of rotatable bonds is 19. The van der Waals surface area contributed by atoms with Crippen molar-refractivity contribution in [3.63, 3.8) is 0 Å². The molecule has 4 atom stereocenters. The first kappa shape index (κ1) is 36.0. The smallest absolute Gasteiger partial charge is 0.326 e. The summed E-state index contributed by atoms with van der Waals surface area (Å²) in [5.41, 5.74) is 27.8. The summed E-state index contributed by atoms with van der Waals surface area (Å²) in [5, 5.41) is 14.9. The molecule has 0 spiro atoms. The van der Waals surface area contributed by atoms with Gasteiger partial charge in [-0.3, -0.25) is 29.3 Å². The molecule has 0 saturated heterocycles. The van der Waals surface area contributed by atoms with E-state index in [1.54, 1.807) is 30.3 Å². The summed E-state index contributed by atoms with van der Waals surface area (Å²) >= 11 is 1.54. The van der Waals surface area contributed by atoms with Gasteiger partial charge in [0.15, 0.2) is 11.9 Å². The molecule has 16 heteroatoms. The summed E-state index contributed by atoms with van der Waals surface area (Å²) < 4.78 is 0. The summed E-state index contributed by atoms with van der Waals surface area (Å²) in [4.78, 5) is 61.1. The van der Waals surface area contributed by atoms with Gasteiger partial charge in [-0.25, -0.2) is 4.79 Å². The Balaban J connectivity index is 3.27. The van der Waals surface area contributed by atoms with E-state index in [2.05, 4.69) is 20.6 Å². The van der Waals surface area contributed by atoms with E-state index < -0.39 is 47.9 Å². The molecule has 0 aliphatic carbocycles. The quantitative estimate of drug-likeness (QED) is 0.0516. The van der Waals surface area contributed by atoms with Crippen molar-refractivity contribution >= 4 is 53.1 Å². The van der Waals surface area contributed by atoms with Gasteiger partial charge < -0.3 is 44.4 Å². The molecule has 0 aliphatic rings. The maximum atomic E-state index is 14.0. The highest BCUT2D eigenvalue weighted by Gasteiger charge is 2.35. The van der Waals surface area contributed by atoms with Crippen LogP contribution in [-0.4, -0.2) is 90.0 Å². The molecule has 234 valence electrons. The number of guanidine groups is 2. The van der Waals surface area contributed by atoms with E-state index in [1.807, 2.05) is 6.26 Å². The van der Waals surface area contributed by atoms with Gasteiger partial charge in [-0.15, -0.1) is 0 Å². The molecule has 1 rings (SSSR count). The van der Waals surface area contributed by atoms with Crippen LogP contribution in [0.5, 0.6) is 0 Å². The first-order valence-electron chi connectivity index (χ1n) is 13.5. The molecule has 15 nitrogen and oxygen atoms in total. The Bertz CT molecular complexity index is 1080. The SMILES string of the molecule is CSCCC(N)C(=O)NC(CCCN=C(N)N)C(=O)N(c1ccccc1)C(C)C(=O)NC(CCCN=C(N)N)C(=O)O. The lowest BCUT2D eigenvalue weighted by atomic mass is 10.1. The summed E-state index contributed by atoms with van der Waals surface area (Å²) in [6.07, 6.45) is 3.14. The van der Waals surface area contributed by atoms with Crippen LogP contribution < -0.4 is 44.2 Å². The average Bonchev–Trinajstić information content (AvgIpc) is 2.94. The third-order valence-electron chi connectivity index (χ3n) is 6.13. The fourth-order valence-electron chi connectivity index (χ4n) is 3.88. The molecule has 1 aromatic carbocycles. The van der Waals surface area contributed by atoms with Crippen molar-refractivity contribution in [1.82, 2.24) is 10.6 Å². The number of amides is 3. The first-order chi connectivity index (χ1) is 19.9. The molecule has 0 aliphatic heterocycles. The van der Waals surface area contributed by atoms with Gasteiger partial charge in [0.05, 0.1) is 6.04 Å². The van der Waals surface area contributed by atoms with Gasteiger partial charge in [0.2, 0.25) is 17.7 Å². The van der Waals surface area contributed by atoms with Crippen molar-refractivity contribution in [2.45, 2.75) is 63.2 Å². The number of carboxylic acids is 1. The van der Waals surface area contributed by atoms with Crippen molar-refractivity contribution in [2.75, 3.05) is 30.0 Å². The molecule has 1 aromatic rings. The van der Waals surface area contributed by atoms with Crippen molar-refractivity contribution < 1.29 is 24.3 Å². The lowest BCUT2D eigenvalue weighted by Crippen LogP contribution is -2.58. The van der Waals surface area contributed by atoms with Crippen molar-refractivity contribution in [3.05, 3.63) is 30.3 Å². The van der Waals surface area contributed by atoms with Crippen LogP contribution >= 0.6 is 11.8 Å². The summed E-state index contributed by atoms with van der Waals surface area (Å²) in [5.74, 6) is -2.63. The van der Waals surface area contributed by atoms with Crippen LogP contribution in [0.3, 0.4) is 0 Å². The standard InChI is InChI=1S/C26H44N10O5S/c1-16(21(37)35-20(24(40)41)11-7-14-33-26(30)31)36(17-8-4-3-5-9-17)23(39)19(10-6-13-32-25(28)29)34-22(38)18(27)12-15-42-2/h3-5,8-9,16,18-20H,6-7,10-15,27H2,1-2H3,(H,34,38)(H,35,37)(H,40,41)(H4,28,29,32)(H4,30,31,33). The second-order valence-corrected chi connectivity index (χ2v) is 10.5. The van der Waals surface area contributed by atoms with E-state index in [0.29, 0.717) is 30.7 Å². The van der Waals surface area contributed by atoms with Crippen LogP contribution in [-0.2, 0) is 19.2 Å². The predicted octanol–water partition coefficient (Wildman–Crippen LogP) is -1.35. The van der Waals surface area contributed by atoms with E-state index in [0.717, 1.165) is 0 Å². The Hall–Kier alpha value is -4.05. The molecule has 0 fully saturated rings. The monoisotopic (exact) mass is 608 g/mol. The Kier molecular flexibility index (Phi) is 16.4. The minimum atomic E-state index is -1.25. The second-order valence-electron chi connectivity index (χ2n) is 9.47. The van der Waals surface area contributed by atoms with Gasteiger partial charge >= 0.3 is 5.97 Å². The van der Waals surface area contributed by atoms with Gasteiger partial charge in [0, 0.05) is 18.8 Å². The number of nitrogens with zero attached hydrogens (tertiary/aromatic N) is 3. The molecule has 42 heavy (non-hydrogen) atoms. The van der Waals surface area contributed by atoms with E-state index in [-0.39, 0.29) is 37.9 Å². The summed E-state index contributed by atoms with van der Waals surface area (Å²) in [6, 6.07) is 4.08. The first-order valence-corrected chi connectivity index (χ1v) is 14.8. The van der Waals surface area contributed by atoms with Gasteiger partial charge in [-0.05, 0) is 63.2 Å². The predicted molar refractivity (Wildman–Crippen MR) is 166 cm³/mol. The van der Waals surface area contributed by atoms with E-state index in [4.69, 9.17) is 28.7 Å². The molecule has 4 unspecified atom stereocenters. The zero-order valence-corrected chi connectivity index (χ0v) is 24.9. The molecular weight excluding hydrogens is 564 g/mol. The van der Waals surface area contributed by atoms with Crippen LogP contribution in [0.15, 0.2) is 40.3 Å². The molecular formula is C26H44N10O5S. The second kappa shape index (κ2) is 19.1. The third kappa shape index (κ3) is 13.1. The average molecular weight is 609 g/mol. The Morgan fingerprint density at radius 2 is 1.40 bits per heavy atom. The molecule has 13 N–H and O–H groups in total. The highest BCUT2D eigenvalue weighted by Crippen LogP contribution is 2.20. The normalized spacial score (nSPS) is 13.5. The van der Waals surface area contributed by atoms with Crippen LogP contribution in [0.1, 0.15) is 39.0 Å². The van der Waals surface area contributed by atoms with Crippen LogP contribution in [0, 0.1) is 0 Å². The number of hydrogen-bond acceptors (Lipinski definition) is 8. The maximum Gasteiger partial charge on any atom is 0.326 e. The number of nitrogens with two attached hydrogens (primary N) is 5. The lowest BCUT2D eigenvalue weighted by molar-refractivity contribution is -0.142. The highest BCUT2D eigenvalue weighted by molar-refractivity contribution is 7.98. The number of hydrogen-bond donors (Lipinski definition) is 8. The number of carbonyl (C=O) groups is 4. The van der Waals surface area contributed by atoms with Crippen molar-refractivity contribution in [3.8, 4) is 0 Å². The van der Waals surface area contributed by atoms with Crippen LogP contribution in [0.2, 0.25) is 0 Å². The number of aliphatic imine (C=N–C) groups is 2. The van der Waals surface area contributed by atoms with E-state index in [9.17, 15) is 24.3 Å². The summed E-state index contributed by atoms with van der Waals surface area (Å²) in [7, 11) is 0. The number of anilines is 1. The minimum Gasteiger partial charge on any atom is -0.480 e. The Morgan fingerprint density at radius 1 is 0.881 bits per heavy atom. The largest absolute Gasteiger partial charge is 0.480 e. The number of carboxylic acid groups (broad SMARTS) is 1. The fraction of sp³-hybridized carbons (Fsp3) is 0.538. The van der Waals surface area contributed by atoms with E-state index >= 15 is 0 Å². The number of carbonyl (C=O) groups excluding carboxylic acids is 3. The molecule has 3 amide bonds. The number of benzene rings is 1. The molecule has 0 bridgehead atoms. The topological polar surface area (TPSA) is 271 Å². The molecule has 0 heterocycles. The van der Waals surface area contributed by atoms with Crippen molar-refractivity contribution in [2.24, 2.45) is 38.7 Å². The third-order valence-corrected chi connectivity index (χ3v) is 6.77. The van der Waals surface area contributed by atoms with Crippen LogP contribution in [0.4, 0.5) is 5.69 Å². The Morgan fingerprint density at radius 3 is 1.90 bits per heavy atom. The fourth-order valence-corrected chi connectivity index (χ4v) is 4.37. The van der Waals surface area contributed by atoms with Gasteiger partial charge in [0.25, 0.3) is 0 Å². The summed E-state index contributed by atoms with van der Waals surface area (Å²) in [6.45, 7) is 1.87. The Labute approximate surface area is 250 Å². The van der Waals surface area contributed by atoms with Crippen LogP contribution in [0.25, 0.3) is 0 Å². The van der Waals surface area contributed by atoms with Gasteiger partial charge in [0.1, 0.15) is 18.1 Å². The minimum absolute atomic E-state index is 0.0568. The zero-order chi connectivity index (χ0) is 31.7. The van der Waals surface area contributed by atoms with Crippen molar-refractivity contribution in [1.29, 1.82) is 0 Å².